The standard InChI is InChI=1S/C32H41N3O6.C13H15NO3.C13H13NO3/c1-22-6-8-25-26(18-22)34(30(36)20-28(25)38-5)15-14-33-12-10-24(11-13-33)35(31(37)41-32(2,3)4)21-23-7-9-27-29(19-23)40-17-16-39-27;2*1-9-3-4-10-11(7-9)14(5-6-15)13(16)8-12(10)17-2/h6-9,18-20,24H,10-17,21H2,1-5H3;3-4,7-8,15H,5-6H2,1-2H3;3-4,6-8H,5H2,1-2H3. The number of nitrogens with zero attached hydrogens (tertiary/aromatic N) is 5. The average molecular weight is 1030 g/mol. The SMILES string of the molecule is COc1cc(=O)n(CC=O)c2cc(C)ccc12.COc1cc(=O)n(CCN2CCC(N(Cc3ccc4c(c3)OCCO4)C(=O)OC(C)(C)C)CC2)c2cc(C)ccc12.COc1cc(=O)n(CCO)c2cc(C)ccc12. The van der Waals surface area contributed by atoms with E-state index >= 15 is 0 Å². The van der Waals surface area contributed by atoms with Crippen LogP contribution >= 0.6 is 0 Å². The van der Waals surface area contributed by atoms with Gasteiger partial charge in [0.2, 0.25) is 0 Å². The highest BCUT2D eigenvalue weighted by molar-refractivity contribution is 5.88. The normalized spacial score (nSPS) is 13.6. The van der Waals surface area contributed by atoms with Crippen LogP contribution in [0.15, 0.2) is 105 Å². The summed E-state index contributed by atoms with van der Waals surface area (Å²) in [5, 5.41) is 11.7. The highest BCUT2D eigenvalue weighted by Gasteiger charge is 2.32. The maximum absolute atomic E-state index is 13.4. The van der Waals surface area contributed by atoms with E-state index in [0.717, 1.165) is 99.5 Å². The fraction of sp³-hybridized carbons (Fsp3) is 0.397. The van der Waals surface area contributed by atoms with E-state index in [1.54, 1.807) is 24.9 Å². The molecule has 0 aliphatic carbocycles. The average Bonchev–Trinajstić information content (AvgIpc) is 3.39. The van der Waals surface area contributed by atoms with Crippen LogP contribution in [0, 0.1) is 20.8 Å². The van der Waals surface area contributed by atoms with Gasteiger partial charge in [-0.15, -0.1) is 0 Å². The fourth-order valence-corrected chi connectivity index (χ4v) is 9.45. The van der Waals surface area contributed by atoms with Crippen LogP contribution in [0.4, 0.5) is 4.79 Å². The maximum atomic E-state index is 13.4. The molecule has 1 amide bonds. The van der Waals surface area contributed by atoms with Crippen LogP contribution < -0.4 is 40.4 Å². The topological polar surface area (TPSA) is 182 Å². The number of benzene rings is 4. The lowest BCUT2D eigenvalue weighted by molar-refractivity contribution is -0.108. The molecule has 0 spiro atoms. The molecule has 75 heavy (non-hydrogen) atoms. The molecule has 0 atom stereocenters. The van der Waals surface area contributed by atoms with Crippen LogP contribution in [0.3, 0.4) is 0 Å². The number of hydrogen-bond donors (Lipinski definition) is 1. The van der Waals surface area contributed by atoms with Crippen LogP contribution in [0.1, 0.15) is 55.9 Å². The van der Waals surface area contributed by atoms with Crippen molar-refractivity contribution in [3.05, 3.63) is 144 Å². The van der Waals surface area contributed by atoms with E-state index in [9.17, 15) is 24.0 Å². The molecule has 3 aromatic heterocycles. The van der Waals surface area contributed by atoms with Gasteiger partial charge in [-0.2, -0.15) is 0 Å². The maximum Gasteiger partial charge on any atom is 0.410 e. The first-order valence-electron chi connectivity index (χ1n) is 25.1. The number of ether oxygens (including phenoxy) is 6. The minimum atomic E-state index is -0.588. The molecule has 1 saturated heterocycles. The number of aldehydes is 1. The zero-order valence-electron chi connectivity index (χ0n) is 44.5. The van der Waals surface area contributed by atoms with Crippen molar-refractivity contribution in [2.45, 2.75) is 92.2 Å². The van der Waals surface area contributed by atoms with Crippen LogP contribution in [-0.2, 0) is 35.7 Å². The number of amides is 1. The predicted molar refractivity (Wildman–Crippen MR) is 290 cm³/mol. The summed E-state index contributed by atoms with van der Waals surface area (Å²) in [5.41, 5.74) is 5.54. The molecule has 1 fully saturated rings. The minimum absolute atomic E-state index is 0.0430. The van der Waals surface area contributed by atoms with Gasteiger partial charge in [0, 0.05) is 79.7 Å². The summed E-state index contributed by atoms with van der Waals surface area (Å²) in [4.78, 5) is 64.9. The Labute approximate surface area is 436 Å². The smallest absolute Gasteiger partial charge is 0.410 e. The lowest BCUT2D eigenvalue weighted by Gasteiger charge is -2.39. The third-order valence-corrected chi connectivity index (χ3v) is 13.2. The molecule has 1 N–H and O–H groups in total. The van der Waals surface area contributed by atoms with E-state index in [-0.39, 0.29) is 42.0 Å². The van der Waals surface area contributed by atoms with E-state index in [1.807, 2.05) is 124 Å². The first-order chi connectivity index (χ1) is 35.9. The molecule has 7 aromatic rings. The summed E-state index contributed by atoms with van der Waals surface area (Å²) in [7, 11) is 4.67. The largest absolute Gasteiger partial charge is 0.496 e. The molecule has 2 aliphatic heterocycles. The summed E-state index contributed by atoms with van der Waals surface area (Å²) >= 11 is 0. The van der Waals surface area contributed by atoms with Crippen molar-refractivity contribution in [2.24, 2.45) is 0 Å². The molecule has 17 nitrogen and oxygen atoms in total. The number of aromatic nitrogens is 3. The molecule has 0 unspecified atom stereocenters. The van der Waals surface area contributed by atoms with Gasteiger partial charge in [0.1, 0.15) is 42.3 Å². The Morgan fingerprint density at radius 2 is 1.11 bits per heavy atom. The second kappa shape index (κ2) is 24.6. The van der Waals surface area contributed by atoms with Gasteiger partial charge < -0.3 is 61.8 Å². The fourth-order valence-electron chi connectivity index (χ4n) is 9.45. The van der Waals surface area contributed by atoms with Crippen molar-refractivity contribution in [3.63, 3.8) is 0 Å². The summed E-state index contributed by atoms with van der Waals surface area (Å²) in [6.45, 7) is 16.4. The second-order valence-corrected chi connectivity index (χ2v) is 19.7. The van der Waals surface area contributed by atoms with Gasteiger partial charge in [-0.3, -0.25) is 14.4 Å². The van der Waals surface area contributed by atoms with Gasteiger partial charge in [0.05, 0.1) is 51.0 Å². The Bertz CT molecular complexity index is 3350. The zero-order chi connectivity index (χ0) is 54.0. The van der Waals surface area contributed by atoms with Gasteiger partial charge in [-0.1, -0.05) is 24.3 Å². The van der Waals surface area contributed by atoms with Gasteiger partial charge in [0.25, 0.3) is 16.7 Å². The second-order valence-electron chi connectivity index (χ2n) is 19.7. The Kier molecular flexibility index (Phi) is 18.1. The highest BCUT2D eigenvalue weighted by atomic mass is 16.6. The van der Waals surface area contributed by atoms with Crippen LogP contribution in [0.25, 0.3) is 32.7 Å². The van der Waals surface area contributed by atoms with E-state index in [1.165, 1.54) is 23.8 Å². The first kappa shape index (κ1) is 55.1. The number of piperidine rings is 1. The van der Waals surface area contributed by atoms with Crippen molar-refractivity contribution < 1.29 is 43.1 Å². The molecule has 2 aliphatic rings. The minimum Gasteiger partial charge on any atom is -0.496 e. The van der Waals surface area contributed by atoms with Crippen LogP contribution in [-0.4, -0.2) is 113 Å². The molecular formula is C58H69N5O12. The Balaban J connectivity index is 0.000000197. The monoisotopic (exact) mass is 1030 g/mol. The van der Waals surface area contributed by atoms with Gasteiger partial charge in [0.15, 0.2) is 11.5 Å². The number of likely N-dealkylation sites (tertiary alicyclic amines) is 1. The summed E-state index contributed by atoms with van der Waals surface area (Å²) in [6, 6.07) is 27.9. The highest BCUT2D eigenvalue weighted by Crippen LogP contribution is 2.33. The van der Waals surface area contributed by atoms with Gasteiger partial charge >= 0.3 is 6.09 Å². The van der Waals surface area contributed by atoms with Crippen LogP contribution in [0.5, 0.6) is 28.7 Å². The number of aliphatic hydroxyl groups is 1. The van der Waals surface area contributed by atoms with Gasteiger partial charge in [-0.25, -0.2) is 4.79 Å². The van der Waals surface area contributed by atoms with Crippen molar-refractivity contribution in [1.82, 2.24) is 23.5 Å². The lowest BCUT2D eigenvalue weighted by Crippen LogP contribution is -2.49. The first-order valence-corrected chi connectivity index (χ1v) is 25.1. The molecule has 0 radical (unpaired) electrons. The van der Waals surface area contributed by atoms with Gasteiger partial charge in [-0.05, 0) is 125 Å². The Morgan fingerprint density at radius 3 is 1.57 bits per heavy atom. The predicted octanol–water partition coefficient (Wildman–Crippen LogP) is 7.82. The summed E-state index contributed by atoms with van der Waals surface area (Å²) < 4.78 is 38.0. The summed E-state index contributed by atoms with van der Waals surface area (Å²) in [6.07, 6.45) is 2.05. The third-order valence-electron chi connectivity index (χ3n) is 13.2. The van der Waals surface area contributed by atoms with Crippen molar-refractivity contribution in [2.75, 3.05) is 60.8 Å². The molecule has 5 heterocycles. The van der Waals surface area contributed by atoms with Crippen molar-refractivity contribution in [3.8, 4) is 28.7 Å². The molecule has 0 saturated carbocycles. The number of carbonyl (C=O) groups is 2. The lowest BCUT2D eigenvalue weighted by atomic mass is 10.0. The Morgan fingerprint density at radius 1 is 0.640 bits per heavy atom. The third kappa shape index (κ3) is 13.4. The molecular weight excluding hydrogens is 959 g/mol. The summed E-state index contributed by atoms with van der Waals surface area (Å²) in [5.74, 6) is 3.15. The Hall–Kier alpha value is -7.63. The van der Waals surface area contributed by atoms with Crippen molar-refractivity contribution >= 4 is 45.1 Å². The molecule has 0 bridgehead atoms. The molecule has 9 rings (SSSR count). The number of pyridine rings is 3. The van der Waals surface area contributed by atoms with Crippen LogP contribution in [0.2, 0.25) is 0 Å². The molecule has 4 aromatic carbocycles. The number of fused-ring (bicyclic) bond motifs is 4. The number of aliphatic hydroxyl groups excluding tert-OH is 1. The quantitative estimate of drug-likeness (QED) is 0.111. The number of carbonyl (C=O) groups excluding carboxylic acids is 2. The number of methoxy groups -OCH3 is 3. The van der Waals surface area contributed by atoms with E-state index in [4.69, 9.17) is 33.5 Å². The zero-order valence-corrected chi connectivity index (χ0v) is 44.5. The van der Waals surface area contributed by atoms with E-state index in [2.05, 4.69) is 4.90 Å². The number of rotatable bonds is 13. The van der Waals surface area contributed by atoms with E-state index in [0.29, 0.717) is 55.8 Å². The number of hydrogen-bond acceptors (Lipinski definition) is 13. The molecule has 398 valence electrons. The number of aryl methyl sites for hydroxylation is 3. The van der Waals surface area contributed by atoms with E-state index < -0.39 is 5.60 Å². The molecule has 17 heteroatoms. The van der Waals surface area contributed by atoms with Crippen molar-refractivity contribution in [1.29, 1.82) is 0 Å².